The van der Waals surface area contributed by atoms with Crippen LogP contribution in [0.15, 0.2) is 24.3 Å². The van der Waals surface area contributed by atoms with Crippen LogP contribution in [-0.2, 0) is 12.8 Å². The molecule has 0 spiro atoms. The first-order chi connectivity index (χ1) is 8.81. The quantitative estimate of drug-likeness (QED) is 0.838. The van der Waals surface area contributed by atoms with Gasteiger partial charge in [0.2, 0.25) is 0 Å². The molecular formula is C16H24N2. The molecule has 1 aromatic carbocycles. The molecule has 0 aliphatic heterocycles. The summed E-state index contributed by atoms with van der Waals surface area (Å²) in [5, 5.41) is 3.86. The summed E-state index contributed by atoms with van der Waals surface area (Å²) in [7, 11) is 0. The molecule has 18 heavy (non-hydrogen) atoms. The van der Waals surface area contributed by atoms with Gasteiger partial charge in [0.25, 0.3) is 0 Å². The van der Waals surface area contributed by atoms with Crippen molar-refractivity contribution in [3.8, 4) is 0 Å². The lowest BCUT2D eigenvalue weighted by Gasteiger charge is -2.33. The van der Waals surface area contributed by atoms with Gasteiger partial charge < -0.3 is 11.1 Å². The number of nitrogens with one attached hydrogen (secondary N) is 1. The van der Waals surface area contributed by atoms with Crippen LogP contribution < -0.4 is 11.1 Å². The Morgan fingerprint density at radius 3 is 2.39 bits per heavy atom. The Morgan fingerprint density at radius 2 is 1.61 bits per heavy atom. The van der Waals surface area contributed by atoms with Crippen LogP contribution in [0.2, 0.25) is 0 Å². The highest BCUT2D eigenvalue weighted by Crippen LogP contribution is 2.23. The monoisotopic (exact) mass is 244 g/mol. The van der Waals surface area contributed by atoms with Crippen molar-refractivity contribution in [1.29, 1.82) is 0 Å². The van der Waals surface area contributed by atoms with E-state index in [0.717, 1.165) is 0 Å². The van der Waals surface area contributed by atoms with Crippen molar-refractivity contribution < 1.29 is 0 Å². The van der Waals surface area contributed by atoms with Crippen molar-refractivity contribution in [2.24, 2.45) is 5.73 Å². The molecule has 0 amide bonds. The van der Waals surface area contributed by atoms with E-state index in [0.29, 0.717) is 18.1 Å². The average Bonchev–Trinajstić information content (AvgIpc) is 2.41. The zero-order chi connectivity index (χ0) is 12.4. The van der Waals surface area contributed by atoms with E-state index >= 15 is 0 Å². The Labute approximate surface area is 110 Å². The molecular weight excluding hydrogens is 220 g/mol. The Kier molecular flexibility index (Phi) is 3.67. The van der Waals surface area contributed by atoms with Gasteiger partial charge in [-0.05, 0) is 56.1 Å². The Balaban J connectivity index is 1.56. The second kappa shape index (κ2) is 5.41. The number of rotatable bonds is 2. The number of hydrogen-bond donors (Lipinski definition) is 2. The minimum Gasteiger partial charge on any atom is -0.328 e. The Bertz CT molecular complexity index is 394. The third-order valence-corrected chi connectivity index (χ3v) is 4.59. The number of nitrogens with two attached hydrogens (primary N) is 1. The van der Waals surface area contributed by atoms with Crippen LogP contribution in [0.3, 0.4) is 0 Å². The molecule has 2 nitrogen and oxygen atoms in total. The minimum absolute atomic E-state index is 0.454. The average molecular weight is 244 g/mol. The lowest BCUT2D eigenvalue weighted by Crippen LogP contribution is -2.44. The van der Waals surface area contributed by atoms with Gasteiger partial charge in [-0.15, -0.1) is 0 Å². The van der Waals surface area contributed by atoms with E-state index in [1.807, 2.05) is 0 Å². The summed E-state index contributed by atoms with van der Waals surface area (Å²) in [6.45, 7) is 0. The summed E-state index contributed by atoms with van der Waals surface area (Å²) in [4.78, 5) is 0. The third-order valence-electron chi connectivity index (χ3n) is 4.59. The van der Waals surface area contributed by atoms with Crippen LogP contribution in [0.5, 0.6) is 0 Å². The molecule has 0 bridgehead atoms. The van der Waals surface area contributed by atoms with Gasteiger partial charge in [0.1, 0.15) is 0 Å². The molecule has 0 aromatic heterocycles. The predicted octanol–water partition coefficient (Wildman–Crippen LogP) is 2.40. The van der Waals surface area contributed by atoms with E-state index in [1.54, 1.807) is 11.1 Å². The number of benzene rings is 1. The molecule has 2 aliphatic rings. The van der Waals surface area contributed by atoms with Crippen molar-refractivity contribution in [1.82, 2.24) is 5.32 Å². The van der Waals surface area contributed by atoms with E-state index in [9.17, 15) is 0 Å². The second-order valence-corrected chi connectivity index (χ2v) is 5.99. The number of hydrogen-bond acceptors (Lipinski definition) is 2. The molecule has 1 fully saturated rings. The molecule has 2 aliphatic carbocycles. The van der Waals surface area contributed by atoms with Gasteiger partial charge in [0.15, 0.2) is 0 Å². The van der Waals surface area contributed by atoms with Crippen molar-refractivity contribution in [2.45, 2.75) is 63.1 Å². The first kappa shape index (κ1) is 12.2. The van der Waals surface area contributed by atoms with Crippen LogP contribution >= 0.6 is 0 Å². The fraction of sp³-hybridized carbons (Fsp3) is 0.625. The molecule has 0 radical (unpaired) electrons. The summed E-state index contributed by atoms with van der Waals surface area (Å²) in [6, 6.07) is 10.7. The van der Waals surface area contributed by atoms with Crippen LogP contribution in [0.1, 0.15) is 43.2 Å². The lowest BCUT2D eigenvalue weighted by molar-refractivity contribution is 0.302. The maximum atomic E-state index is 5.97. The largest absolute Gasteiger partial charge is 0.328 e. The molecule has 3 N–H and O–H groups in total. The predicted molar refractivity (Wildman–Crippen MR) is 75.6 cm³/mol. The van der Waals surface area contributed by atoms with E-state index < -0.39 is 0 Å². The van der Waals surface area contributed by atoms with Crippen molar-refractivity contribution >= 4 is 0 Å². The van der Waals surface area contributed by atoms with Gasteiger partial charge >= 0.3 is 0 Å². The van der Waals surface area contributed by atoms with Crippen LogP contribution in [0, 0.1) is 0 Å². The smallest absolute Gasteiger partial charge is 0.0113 e. The standard InChI is InChI=1S/C16H24N2/c17-14-6-9-15(10-7-14)18-16-8-5-12-3-1-2-4-13(12)11-16/h1-4,14-16,18H,5-11,17H2. The van der Waals surface area contributed by atoms with Gasteiger partial charge in [-0.2, -0.15) is 0 Å². The highest BCUT2D eigenvalue weighted by molar-refractivity contribution is 5.30. The SMILES string of the molecule is NC1CCC(NC2CCc3ccccc3C2)CC1. The summed E-state index contributed by atoms with van der Waals surface area (Å²) in [6.07, 6.45) is 8.65. The molecule has 2 heteroatoms. The maximum absolute atomic E-state index is 5.97. The second-order valence-electron chi connectivity index (χ2n) is 5.99. The fourth-order valence-electron chi connectivity index (χ4n) is 3.46. The first-order valence-electron chi connectivity index (χ1n) is 7.39. The molecule has 98 valence electrons. The zero-order valence-electron chi connectivity index (χ0n) is 11.1. The van der Waals surface area contributed by atoms with Crippen LogP contribution in [-0.4, -0.2) is 18.1 Å². The van der Waals surface area contributed by atoms with Crippen LogP contribution in [0.4, 0.5) is 0 Å². The molecule has 1 atom stereocenters. The minimum atomic E-state index is 0.454. The Morgan fingerprint density at radius 1 is 0.889 bits per heavy atom. The summed E-state index contributed by atoms with van der Waals surface area (Å²) >= 11 is 0. The summed E-state index contributed by atoms with van der Waals surface area (Å²) < 4.78 is 0. The summed E-state index contributed by atoms with van der Waals surface area (Å²) in [5.41, 5.74) is 9.07. The van der Waals surface area contributed by atoms with Crippen molar-refractivity contribution in [3.63, 3.8) is 0 Å². The fourth-order valence-corrected chi connectivity index (χ4v) is 3.46. The Hall–Kier alpha value is -0.860. The van der Waals surface area contributed by atoms with Gasteiger partial charge in [0, 0.05) is 18.1 Å². The van der Waals surface area contributed by atoms with Gasteiger partial charge in [-0.3, -0.25) is 0 Å². The van der Waals surface area contributed by atoms with E-state index in [4.69, 9.17) is 5.73 Å². The molecule has 1 unspecified atom stereocenters. The highest BCUT2D eigenvalue weighted by atomic mass is 15.0. The van der Waals surface area contributed by atoms with E-state index in [-0.39, 0.29) is 0 Å². The first-order valence-corrected chi connectivity index (χ1v) is 7.39. The van der Waals surface area contributed by atoms with Crippen LogP contribution in [0.25, 0.3) is 0 Å². The topological polar surface area (TPSA) is 38.0 Å². The van der Waals surface area contributed by atoms with Crippen molar-refractivity contribution in [2.75, 3.05) is 0 Å². The highest BCUT2D eigenvalue weighted by Gasteiger charge is 2.23. The lowest BCUT2D eigenvalue weighted by atomic mass is 9.86. The molecule has 1 aromatic rings. The molecule has 3 rings (SSSR count). The van der Waals surface area contributed by atoms with Crippen molar-refractivity contribution in [3.05, 3.63) is 35.4 Å². The zero-order valence-corrected chi connectivity index (χ0v) is 11.1. The third kappa shape index (κ3) is 2.76. The van der Waals surface area contributed by atoms with E-state index in [1.165, 1.54) is 44.9 Å². The number of fused-ring (bicyclic) bond motifs is 1. The van der Waals surface area contributed by atoms with Gasteiger partial charge in [0.05, 0.1) is 0 Å². The number of aryl methyl sites for hydroxylation is 1. The maximum Gasteiger partial charge on any atom is 0.0113 e. The summed E-state index contributed by atoms with van der Waals surface area (Å²) in [5.74, 6) is 0. The molecule has 0 saturated heterocycles. The molecule has 0 heterocycles. The van der Waals surface area contributed by atoms with Gasteiger partial charge in [-0.1, -0.05) is 24.3 Å². The molecule has 1 saturated carbocycles. The van der Waals surface area contributed by atoms with Gasteiger partial charge in [-0.25, -0.2) is 0 Å². The van der Waals surface area contributed by atoms with E-state index in [2.05, 4.69) is 29.6 Å². The normalized spacial score (nSPS) is 31.9.